The Labute approximate surface area is 144 Å². The molecular formula is C18H20FN5O. The fourth-order valence-corrected chi connectivity index (χ4v) is 3.46. The van der Waals surface area contributed by atoms with E-state index in [1.807, 2.05) is 18.5 Å². The molecule has 130 valence electrons. The first-order valence-electron chi connectivity index (χ1n) is 8.54. The van der Waals surface area contributed by atoms with Gasteiger partial charge in [-0.15, -0.1) is 0 Å². The average molecular weight is 341 g/mol. The van der Waals surface area contributed by atoms with Crippen LogP contribution in [0.2, 0.25) is 0 Å². The molecule has 25 heavy (non-hydrogen) atoms. The number of pyridine rings is 1. The van der Waals surface area contributed by atoms with Crippen LogP contribution in [0, 0.1) is 19.8 Å². The van der Waals surface area contributed by atoms with Crippen molar-refractivity contribution in [3.05, 3.63) is 47.3 Å². The second-order valence-electron chi connectivity index (χ2n) is 6.70. The highest BCUT2D eigenvalue weighted by Gasteiger charge is 2.25. The molecule has 4 rings (SSSR count). The van der Waals surface area contributed by atoms with Crippen LogP contribution in [0.5, 0.6) is 0 Å². The highest BCUT2D eigenvalue weighted by atomic mass is 19.1. The number of aryl methyl sites for hydroxylation is 2. The summed E-state index contributed by atoms with van der Waals surface area (Å²) in [5.74, 6) is -0.580. The van der Waals surface area contributed by atoms with E-state index in [9.17, 15) is 9.18 Å². The number of imidazole rings is 1. The minimum absolute atomic E-state index is 0.204. The monoisotopic (exact) mass is 341 g/mol. The number of amides is 1. The van der Waals surface area contributed by atoms with E-state index in [4.69, 9.17) is 0 Å². The van der Waals surface area contributed by atoms with Gasteiger partial charge < -0.3 is 5.32 Å². The van der Waals surface area contributed by atoms with Crippen LogP contribution in [0.1, 0.15) is 53.3 Å². The van der Waals surface area contributed by atoms with Crippen molar-refractivity contribution >= 4 is 17.4 Å². The van der Waals surface area contributed by atoms with Gasteiger partial charge in [0.15, 0.2) is 5.69 Å². The molecular weight excluding hydrogens is 321 g/mol. The van der Waals surface area contributed by atoms with E-state index >= 15 is 0 Å². The molecule has 3 aromatic rings. The van der Waals surface area contributed by atoms with Gasteiger partial charge in [-0.2, -0.15) is 9.49 Å². The Balaban J connectivity index is 1.67. The van der Waals surface area contributed by atoms with Gasteiger partial charge in [-0.1, -0.05) is 12.8 Å². The van der Waals surface area contributed by atoms with Gasteiger partial charge in [-0.25, -0.2) is 9.67 Å². The summed E-state index contributed by atoms with van der Waals surface area (Å²) in [5.41, 5.74) is 2.03. The Morgan fingerprint density at radius 1 is 1.32 bits per heavy atom. The van der Waals surface area contributed by atoms with Gasteiger partial charge in [-0.3, -0.25) is 9.20 Å². The maximum Gasteiger partial charge on any atom is 0.280 e. The minimum atomic E-state index is -0.655. The van der Waals surface area contributed by atoms with Crippen molar-refractivity contribution in [2.75, 3.05) is 5.32 Å². The molecule has 1 fully saturated rings. The lowest BCUT2D eigenvalue weighted by atomic mass is 10.2. The zero-order valence-corrected chi connectivity index (χ0v) is 14.3. The number of rotatable bonds is 3. The van der Waals surface area contributed by atoms with Crippen molar-refractivity contribution in [1.29, 1.82) is 0 Å². The Kier molecular flexibility index (Phi) is 3.78. The van der Waals surface area contributed by atoms with E-state index in [-0.39, 0.29) is 11.7 Å². The third-order valence-corrected chi connectivity index (χ3v) is 4.82. The molecule has 1 amide bonds. The fourth-order valence-electron chi connectivity index (χ4n) is 3.46. The summed E-state index contributed by atoms with van der Waals surface area (Å²) in [6.45, 7) is 3.79. The van der Waals surface area contributed by atoms with Crippen molar-refractivity contribution < 1.29 is 9.18 Å². The maximum atomic E-state index is 14.6. The molecule has 1 N–H and O–H groups in total. The first-order chi connectivity index (χ1) is 12.0. The SMILES string of the molecule is Cc1ccn2c(F)c(C(=O)Nc3c(C)cnn3C3CCCC3)nc2c1. The second kappa shape index (κ2) is 5.98. The summed E-state index contributed by atoms with van der Waals surface area (Å²) in [7, 11) is 0. The lowest BCUT2D eigenvalue weighted by Gasteiger charge is -2.15. The van der Waals surface area contributed by atoms with E-state index in [1.165, 1.54) is 4.40 Å². The van der Waals surface area contributed by atoms with Gasteiger partial charge in [0.1, 0.15) is 11.5 Å². The number of anilines is 1. The Hall–Kier alpha value is -2.70. The molecule has 0 radical (unpaired) electrons. The molecule has 3 aromatic heterocycles. The largest absolute Gasteiger partial charge is 0.305 e. The maximum absolute atomic E-state index is 14.6. The molecule has 0 aliphatic heterocycles. The van der Waals surface area contributed by atoms with Crippen LogP contribution in [0.15, 0.2) is 24.5 Å². The first-order valence-corrected chi connectivity index (χ1v) is 8.54. The van der Waals surface area contributed by atoms with E-state index in [2.05, 4.69) is 15.4 Å². The van der Waals surface area contributed by atoms with Crippen molar-refractivity contribution in [2.45, 2.75) is 45.6 Å². The molecule has 0 saturated heterocycles. The number of fused-ring (bicyclic) bond motifs is 1. The molecule has 1 saturated carbocycles. The van der Waals surface area contributed by atoms with Gasteiger partial charge in [0.25, 0.3) is 5.91 Å². The number of aromatic nitrogens is 4. The number of halogens is 1. The Morgan fingerprint density at radius 3 is 2.84 bits per heavy atom. The van der Waals surface area contributed by atoms with Crippen LogP contribution in [0.3, 0.4) is 0 Å². The zero-order valence-electron chi connectivity index (χ0n) is 14.3. The topological polar surface area (TPSA) is 64.2 Å². The summed E-state index contributed by atoms with van der Waals surface area (Å²) in [6.07, 6.45) is 7.74. The van der Waals surface area contributed by atoms with Gasteiger partial charge in [0.2, 0.25) is 5.95 Å². The molecule has 6 nitrogen and oxygen atoms in total. The molecule has 1 aliphatic rings. The zero-order chi connectivity index (χ0) is 17.6. The third kappa shape index (κ3) is 2.69. The molecule has 7 heteroatoms. The van der Waals surface area contributed by atoms with Crippen LogP contribution < -0.4 is 5.32 Å². The standard InChI is InChI=1S/C18H20FN5O/c1-11-7-8-23-14(9-11)21-15(16(23)19)18(25)22-17-12(2)10-20-24(17)13-5-3-4-6-13/h7-10,13H,3-6H2,1-2H3,(H,22,25). The van der Waals surface area contributed by atoms with Crippen molar-refractivity contribution in [2.24, 2.45) is 0 Å². The molecule has 0 bridgehead atoms. The number of hydrogen-bond acceptors (Lipinski definition) is 3. The average Bonchev–Trinajstić information content (AvgIpc) is 3.29. The molecule has 0 atom stereocenters. The van der Waals surface area contributed by atoms with Gasteiger partial charge in [0, 0.05) is 11.8 Å². The number of hydrogen-bond donors (Lipinski definition) is 1. The number of carbonyl (C=O) groups is 1. The molecule has 1 aliphatic carbocycles. The van der Waals surface area contributed by atoms with Crippen molar-refractivity contribution in [1.82, 2.24) is 19.2 Å². The highest BCUT2D eigenvalue weighted by Crippen LogP contribution is 2.32. The summed E-state index contributed by atoms with van der Waals surface area (Å²) < 4.78 is 17.7. The van der Waals surface area contributed by atoms with Crippen molar-refractivity contribution in [3.8, 4) is 0 Å². The van der Waals surface area contributed by atoms with Crippen LogP contribution >= 0.6 is 0 Å². The van der Waals surface area contributed by atoms with E-state index < -0.39 is 11.9 Å². The molecule has 0 unspecified atom stereocenters. The minimum Gasteiger partial charge on any atom is -0.305 e. The van der Waals surface area contributed by atoms with Crippen LogP contribution in [-0.2, 0) is 0 Å². The van der Waals surface area contributed by atoms with Gasteiger partial charge in [-0.05, 0) is 44.4 Å². The smallest absolute Gasteiger partial charge is 0.280 e. The van der Waals surface area contributed by atoms with Crippen LogP contribution in [0.4, 0.5) is 10.2 Å². The second-order valence-corrected chi connectivity index (χ2v) is 6.70. The molecule has 0 spiro atoms. The Bertz CT molecular complexity index is 952. The van der Waals surface area contributed by atoms with Crippen LogP contribution in [0.25, 0.3) is 5.65 Å². The predicted molar refractivity (Wildman–Crippen MR) is 92.3 cm³/mol. The normalized spacial score (nSPS) is 15.2. The molecule has 0 aromatic carbocycles. The fraction of sp³-hybridized carbons (Fsp3) is 0.389. The molecule has 3 heterocycles. The number of nitrogens with zero attached hydrogens (tertiary/aromatic N) is 4. The Morgan fingerprint density at radius 2 is 2.08 bits per heavy atom. The van der Waals surface area contributed by atoms with E-state index in [0.29, 0.717) is 11.5 Å². The summed E-state index contributed by atoms with van der Waals surface area (Å²) in [5, 5.41) is 7.22. The van der Waals surface area contributed by atoms with Gasteiger partial charge in [0.05, 0.1) is 12.2 Å². The summed E-state index contributed by atoms with van der Waals surface area (Å²) in [4.78, 5) is 16.8. The van der Waals surface area contributed by atoms with Gasteiger partial charge >= 0.3 is 0 Å². The number of carbonyl (C=O) groups excluding carboxylic acids is 1. The highest BCUT2D eigenvalue weighted by molar-refractivity contribution is 6.03. The lowest BCUT2D eigenvalue weighted by molar-refractivity contribution is 0.101. The van der Waals surface area contributed by atoms with Crippen LogP contribution in [-0.4, -0.2) is 25.1 Å². The first kappa shape index (κ1) is 15.8. The predicted octanol–water partition coefficient (Wildman–Crippen LogP) is 3.65. The summed E-state index contributed by atoms with van der Waals surface area (Å²) in [6, 6.07) is 3.81. The summed E-state index contributed by atoms with van der Waals surface area (Å²) >= 11 is 0. The third-order valence-electron chi connectivity index (χ3n) is 4.82. The van der Waals surface area contributed by atoms with Crippen molar-refractivity contribution in [3.63, 3.8) is 0 Å². The number of nitrogens with one attached hydrogen (secondary N) is 1. The van der Waals surface area contributed by atoms with E-state index in [1.54, 1.807) is 24.5 Å². The van der Waals surface area contributed by atoms with E-state index in [0.717, 1.165) is 36.8 Å². The lowest BCUT2D eigenvalue weighted by Crippen LogP contribution is -2.19. The quantitative estimate of drug-likeness (QED) is 0.791.